The molecule has 0 unspecified atom stereocenters. The molecule has 0 aliphatic carbocycles. The maximum absolute atomic E-state index is 4.72. The van der Waals surface area contributed by atoms with Gasteiger partial charge in [0, 0.05) is 19.6 Å². The Morgan fingerprint density at radius 1 is 0.381 bits per heavy atom. The van der Waals surface area contributed by atoms with Crippen LogP contribution in [0.5, 0.6) is 0 Å². The zero-order valence-corrected chi connectivity index (χ0v) is 25.2. The molecule has 6 heteroatoms. The molecule has 0 aliphatic heterocycles. The quantitative estimate of drug-likeness (QED) is 0.212. The van der Waals surface area contributed by atoms with Crippen LogP contribution in [0, 0.1) is 41.5 Å². The Labute approximate surface area is 246 Å². The van der Waals surface area contributed by atoms with Crippen LogP contribution in [0.15, 0.2) is 73.6 Å². The summed E-state index contributed by atoms with van der Waals surface area (Å²) < 4.78 is 6.80. The molecule has 6 nitrogen and oxygen atoms in total. The first-order valence-electron chi connectivity index (χ1n) is 14.6. The topological polar surface area (TPSA) is 53.5 Å². The third-order valence-electron chi connectivity index (χ3n) is 8.88. The van der Waals surface area contributed by atoms with E-state index in [1.165, 1.54) is 66.6 Å². The minimum atomic E-state index is 0.756. The van der Waals surface area contributed by atoms with Crippen LogP contribution in [0.1, 0.15) is 50.1 Å². The fraction of sp³-hybridized carbons (Fsp3) is 0.250. The van der Waals surface area contributed by atoms with Gasteiger partial charge in [0.2, 0.25) is 0 Å². The average Bonchev–Trinajstić information content (AvgIpc) is 3.63. The Morgan fingerprint density at radius 2 is 0.643 bits per heavy atom. The van der Waals surface area contributed by atoms with E-state index in [0.29, 0.717) is 0 Å². The summed E-state index contributed by atoms with van der Waals surface area (Å²) in [7, 11) is 0. The molecule has 210 valence electrons. The van der Waals surface area contributed by atoms with Crippen molar-refractivity contribution in [2.24, 2.45) is 0 Å². The fourth-order valence-corrected chi connectivity index (χ4v) is 6.02. The van der Waals surface area contributed by atoms with Gasteiger partial charge in [-0.3, -0.25) is 0 Å². The molecule has 0 spiro atoms. The van der Waals surface area contributed by atoms with E-state index in [2.05, 4.69) is 110 Å². The van der Waals surface area contributed by atoms with E-state index in [0.717, 1.165) is 36.2 Å². The molecule has 3 heterocycles. The first-order chi connectivity index (χ1) is 20.2. The number of imidazole rings is 3. The number of fused-ring (bicyclic) bond motifs is 3. The predicted octanol–water partition coefficient (Wildman–Crippen LogP) is 7.73. The summed E-state index contributed by atoms with van der Waals surface area (Å²) in [5.74, 6) is 0. The fourth-order valence-electron chi connectivity index (χ4n) is 6.02. The molecular weight excluding hydrogens is 516 g/mol. The van der Waals surface area contributed by atoms with Crippen molar-refractivity contribution in [2.45, 2.75) is 61.2 Å². The molecule has 7 rings (SSSR count). The van der Waals surface area contributed by atoms with E-state index in [-0.39, 0.29) is 0 Å². The van der Waals surface area contributed by atoms with Gasteiger partial charge in [-0.05, 0) is 128 Å². The van der Waals surface area contributed by atoms with Crippen LogP contribution in [0.4, 0.5) is 0 Å². The molecule has 0 N–H and O–H groups in total. The molecule has 0 atom stereocenters. The lowest BCUT2D eigenvalue weighted by Crippen LogP contribution is -2.06. The van der Waals surface area contributed by atoms with E-state index in [1.807, 2.05) is 19.0 Å². The van der Waals surface area contributed by atoms with Crippen LogP contribution in [0.2, 0.25) is 0 Å². The Hall–Kier alpha value is -4.71. The van der Waals surface area contributed by atoms with Gasteiger partial charge in [-0.25, -0.2) is 15.0 Å². The Balaban J connectivity index is 1.30. The van der Waals surface area contributed by atoms with Crippen LogP contribution in [-0.4, -0.2) is 28.7 Å². The Bertz CT molecular complexity index is 1880. The van der Waals surface area contributed by atoms with Crippen molar-refractivity contribution >= 4 is 33.1 Å². The summed E-state index contributed by atoms with van der Waals surface area (Å²) in [5, 5.41) is 0. The number of rotatable bonds is 6. The normalized spacial score (nSPS) is 11.9. The summed E-state index contributed by atoms with van der Waals surface area (Å²) in [4.78, 5) is 14.2. The second-order valence-corrected chi connectivity index (χ2v) is 12.1. The lowest BCUT2D eigenvalue weighted by molar-refractivity contribution is 0.783. The van der Waals surface area contributed by atoms with E-state index in [1.54, 1.807) is 0 Å². The van der Waals surface area contributed by atoms with Gasteiger partial charge in [0.15, 0.2) is 0 Å². The van der Waals surface area contributed by atoms with Crippen LogP contribution in [0.25, 0.3) is 33.1 Å². The van der Waals surface area contributed by atoms with Crippen LogP contribution >= 0.6 is 0 Å². The standard InChI is InChI=1S/C36H36N6/c1-22-7-31-34(10-25(22)4)40(19-37-31)16-28-13-29(17-41-20-38-32-8-23(2)26(5)11-35(32)41)15-30(14-28)18-42-21-39-33-9-24(3)27(6)12-36(33)42/h7-15,19-21H,16-18H2,1-6H3. The smallest absolute Gasteiger partial charge is 0.0961 e. The van der Waals surface area contributed by atoms with Crippen LogP contribution < -0.4 is 0 Å². The third kappa shape index (κ3) is 4.67. The molecule has 0 bridgehead atoms. The molecular formula is C36H36N6. The minimum absolute atomic E-state index is 0.756. The molecule has 0 radical (unpaired) electrons. The maximum Gasteiger partial charge on any atom is 0.0961 e. The molecule has 3 aromatic heterocycles. The van der Waals surface area contributed by atoms with Crippen molar-refractivity contribution in [3.63, 3.8) is 0 Å². The van der Waals surface area contributed by atoms with Gasteiger partial charge in [0.05, 0.1) is 52.1 Å². The Morgan fingerprint density at radius 3 is 0.929 bits per heavy atom. The number of benzene rings is 4. The molecule has 0 fully saturated rings. The van der Waals surface area contributed by atoms with E-state index < -0.39 is 0 Å². The number of aromatic nitrogens is 6. The summed E-state index contributed by atoms with van der Waals surface area (Å²) in [5.41, 5.74) is 18.1. The highest BCUT2D eigenvalue weighted by atomic mass is 15.1. The van der Waals surface area contributed by atoms with Gasteiger partial charge < -0.3 is 13.7 Å². The van der Waals surface area contributed by atoms with Crippen molar-refractivity contribution < 1.29 is 0 Å². The zero-order chi connectivity index (χ0) is 29.1. The number of hydrogen-bond donors (Lipinski definition) is 0. The zero-order valence-electron chi connectivity index (χ0n) is 25.2. The molecule has 0 aliphatic rings. The minimum Gasteiger partial charge on any atom is -0.326 e. The molecule has 0 amide bonds. The van der Waals surface area contributed by atoms with Crippen molar-refractivity contribution in [2.75, 3.05) is 0 Å². The number of nitrogens with zero attached hydrogens (tertiary/aromatic N) is 6. The maximum atomic E-state index is 4.72. The van der Waals surface area contributed by atoms with Crippen molar-refractivity contribution in [1.82, 2.24) is 28.7 Å². The molecule has 0 saturated heterocycles. The SMILES string of the molecule is Cc1cc2ncn(Cc3cc(Cn4cnc5cc(C)c(C)cc54)cc(Cn4cnc5cc(C)c(C)cc54)c3)c2cc1C. The highest BCUT2D eigenvalue weighted by molar-refractivity contribution is 5.79. The van der Waals surface area contributed by atoms with Gasteiger partial charge in [0.1, 0.15) is 0 Å². The number of aryl methyl sites for hydroxylation is 6. The summed E-state index contributed by atoms with van der Waals surface area (Å²) >= 11 is 0. The van der Waals surface area contributed by atoms with Gasteiger partial charge in [-0.2, -0.15) is 0 Å². The summed E-state index contributed by atoms with van der Waals surface area (Å²) in [6.07, 6.45) is 5.91. The molecule has 4 aromatic carbocycles. The van der Waals surface area contributed by atoms with Gasteiger partial charge in [-0.15, -0.1) is 0 Å². The molecule has 42 heavy (non-hydrogen) atoms. The van der Waals surface area contributed by atoms with Crippen molar-refractivity contribution in [3.8, 4) is 0 Å². The first kappa shape index (κ1) is 26.2. The largest absolute Gasteiger partial charge is 0.326 e. The second kappa shape index (κ2) is 9.98. The highest BCUT2D eigenvalue weighted by Crippen LogP contribution is 2.25. The summed E-state index contributed by atoms with van der Waals surface area (Å²) in [6, 6.07) is 20.3. The van der Waals surface area contributed by atoms with Crippen LogP contribution in [-0.2, 0) is 19.6 Å². The average molecular weight is 553 g/mol. The van der Waals surface area contributed by atoms with E-state index >= 15 is 0 Å². The van der Waals surface area contributed by atoms with Crippen molar-refractivity contribution in [3.05, 3.63) is 124 Å². The summed E-state index contributed by atoms with van der Waals surface area (Å²) in [6.45, 7) is 15.2. The van der Waals surface area contributed by atoms with Gasteiger partial charge in [0.25, 0.3) is 0 Å². The predicted molar refractivity (Wildman–Crippen MR) is 171 cm³/mol. The molecule has 0 saturated carbocycles. The van der Waals surface area contributed by atoms with E-state index in [9.17, 15) is 0 Å². The third-order valence-corrected chi connectivity index (χ3v) is 8.88. The Kier molecular flexibility index (Phi) is 6.23. The highest BCUT2D eigenvalue weighted by Gasteiger charge is 2.12. The monoisotopic (exact) mass is 552 g/mol. The lowest BCUT2D eigenvalue weighted by Gasteiger charge is -2.14. The number of hydrogen-bond acceptors (Lipinski definition) is 3. The van der Waals surface area contributed by atoms with Gasteiger partial charge >= 0.3 is 0 Å². The van der Waals surface area contributed by atoms with Crippen molar-refractivity contribution in [1.29, 1.82) is 0 Å². The van der Waals surface area contributed by atoms with E-state index in [4.69, 9.17) is 15.0 Å². The lowest BCUT2D eigenvalue weighted by atomic mass is 10.0. The van der Waals surface area contributed by atoms with Gasteiger partial charge in [-0.1, -0.05) is 18.2 Å². The van der Waals surface area contributed by atoms with Crippen LogP contribution in [0.3, 0.4) is 0 Å². The second-order valence-electron chi connectivity index (χ2n) is 12.1. The first-order valence-corrected chi connectivity index (χ1v) is 14.6. The molecule has 7 aromatic rings.